The first-order valence-electron chi connectivity index (χ1n) is 7.85. The van der Waals surface area contributed by atoms with E-state index in [0.717, 1.165) is 50.3 Å². The van der Waals surface area contributed by atoms with Crippen LogP contribution in [0.25, 0.3) is 0 Å². The molecule has 0 bridgehead atoms. The summed E-state index contributed by atoms with van der Waals surface area (Å²) in [7, 11) is 0. The van der Waals surface area contributed by atoms with Crippen LogP contribution in [0.5, 0.6) is 0 Å². The molecule has 3 N–H and O–H groups in total. The van der Waals surface area contributed by atoms with Crippen molar-refractivity contribution in [1.82, 2.24) is 10.6 Å². The Morgan fingerprint density at radius 1 is 1.35 bits per heavy atom. The van der Waals surface area contributed by atoms with E-state index in [0.29, 0.717) is 12.5 Å². The zero-order valence-corrected chi connectivity index (χ0v) is 13.7. The average molecular weight is 302 g/mol. The molecular weight excluding hydrogens is 272 g/mol. The molecule has 0 spiro atoms. The Balaban J connectivity index is 1.95. The van der Waals surface area contributed by atoms with Crippen LogP contribution in [0, 0.1) is 11.8 Å². The standard InChI is InChI=1S/C15H30N2O2S/c1-12(2)11-20-8-4-7-16-15(19)17-10-13-5-3-6-14(18)9-13/h12-14,18H,3-11H2,1-2H3,(H2,16,17,19). The third-order valence-electron chi connectivity index (χ3n) is 3.51. The maximum absolute atomic E-state index is 11.6. The molecule has 1 rings (SSSR count). The molecule has 4 nitrogen and oxygen atoms in total. The van der Waals surface area contributed by atoms with Crippen LogP contribution in [-0.4, -0.2) is 41.8 Å². The van der Waals surface area contributed by atoms with Gasteiger partial charge in [-0.15, -0.1) is 0 Å². The van der Waals surface area contributed by atoms with E-state index in [1.54, 1.807) is 0 Å². The van der Waals surface area contributed by atoms with Crippen LogP contribution in [0.3, 0.4) is 0 Å². The van der Waals surface area contributed by atoms with E-state index in [-0.39, 0.29) is 12.1 Å². The highest BCUT2D eigenvalue weighted by Crippen LogP contribution is 2.23. The zero-order chi connectivity index (χ0) is 14.8. The van der Waals surface area contributed by atoms with Crippen LogP contribution >= 0.6 is 11.8 Å². The lowest BCUT2D eigenvalue weighted by atomic mass is 9.87. The van der Waals surface area contributed by atoms with E-state index in [1.807, 2.05) is 11.8 Å². The minimum atomic E-state index is -0.170. The lowest BCUT2D eigenvalue weighted by Crippen LogP contribution is -2.40. The summed E-state index contributed by atoms with van der Waals surface area (Å²) in [6.45, 7) is 5.87. The minimum Gasteiger partial charge on any atom is -0.393 e. The number of aliphatic hydroxyl groups excluding tert-OH is 1. The average Bonchev–Trinajstić information content (AvgIpc) is 2.40. The smallest absolute Gasteiger partial charge is 0.314 e. The summed E-state index contributed by atoms with van der Waals surface area (Å²) in [6.07, 6.45) is 4.78. The van der Waals surface area contributed by atoms with Crippen molar-refractivity contribution >= 4 is 17.8 Å². The van der Waals surface area contributed by atoms with Crippen molar-refractivity contribution in [2.45, 2.75) is 52.1 Å². The van der Waals surface area contributed by atoms with Crippen LogP contribution < -0.4 is 10.6 Å². The van der Waals surface area contributed by atoms with Crippen molar-refractivity contribution in [3.8, 4) is 0 Å². The first-order chi connectivity index (χ1) is 9.58. The van der Waals surface area contributed by atoms with Gasteiger partial charge in [0.05, 0.1) is 6.10 Å². The van der Waals surface area contributed by atoms with Gasteiger partial charge in [-0.1, -0.05) is 20.3 Å². The SMILES string of the molecule is CC(C)CSCCCNC(=O)NCC1CCCC(O)C1. The Morgan fingerprint density at radius 3 is 2.85 bits per heavy atom. The first kappa shape index (κ1) is 17.6. The van der Waals surface area contributed by atoms with Gasteiger partial charge in [0.25, 0.3) is 0 Å². The Kier molecular flexibility index (Phi) is 9.10. The predicted octanol–water partition coefficient (Wildman–Crippen LogP) is 2.62. The highest BCUT2D eigenvalue weighted by molar-refractivity contribution is 7.99. The van der Waals surface area contributed by atoms with Crippen molar-refractivity contribution < 1.29 is 9.90 Å². The number of urea groups is 1. The van der Waals surface area contributed by atoms with E-state index in [4.69, 9.17) is 0 Å². The van der Waals surface area contributed by atoms with Crippen molar-refractivity contribution in [1.29, 1.82) is 0 Å². The number of nitrogens with one attached hydrogen (secondary N) is 2. The van der Waals surface area contributed by atoms with Crippen LogP contribution in [0.4, 0.5) is 4.79 Å². The number of carbonyl (C=O) groups is 1. The maximum atomic E-state index is 11.6. The molecule has 0 aromatic heterocycles. The number of rotatable bonds is 8. The highest BCUT2D eigenvalue weighted by Gasteiger charge is 2.20. The van der Waals surface area contributed by atoms with Crippen molar-refractivity contribution in [2.75, 3.05) is 24.6 Å². The topological polar surface area (TPSA) is 61.4 Å². The molecule has 2 unspecified atom stereocenters. The van der Waals surface area contributed by atoms with Gasteiger partial charge in [0.2, 0.25) is 0 Å². The fourth-order valence-corrected chi connectivity index (χ4v) is 3.43. The van der Waals surface area contributed by atoms with Crippen molar-refractivity contribution in [3.05, 3.63) is 0 Å². The van der Waals surface area contributed by atoms with E-state index in [2.05, 4.69) is 24.5 Å². The molecule has 1 saturated carbocycles. The summed E-state index contributed by atoms with van der Waals surface area (Å²) in [4.78, 5) is 11.6. The summed E-state index contributed by atoms with van der Waals surface area (Å²) in [5, 5.41) is 15.4. The maximum Gasteiger partial charge on any atom is 0.314 e. The van der Waals surface area contributed by atoms with Gasteiger partial charge in [-0.25, -0.2) is 4.79 Å². The second-order valence-corrected chi connectivity index (χ2v) is 7.30. The summed E-state index contributed by atoms with van der Waals surface area (Å²) < 4.78 is 0. The molecule has 0 aromatic rings. The largest absolute Gasteiger partial charge is 0.393 e. The van der Waals surface area contributed by atoms with Crippen molar-refractivity contribution in [3.63, 3.8) is 0 Å². The fraction of sp³-hybridized carbons (Fsp3) is 0.933. The number of amides is 2. The van der Waals surface area contributed by atoms with Gasteiger partial charge >= 0.3 is 6.03 Å². The van der Waals surface area contributed by atoms with Gasteiger partial charge in [-0.3, -0.25) is 0 Å². The summed E-state index contributed by atoms with van der Waals surface area (Å²) in [5.41, 5.74) is 0. The molecule has 1 fully saturated rings. The zero-order valence-electron chi connectivity index (χ0n) is 12.9. The summed E-state index contributed by atoms with van der Waals surface area (Å²) in [5.74, 6) is 3.47. The second kappa shape index (κ2) is 10.3. The molecule has 1 aliphatic rings. The predicted molar refractivity (Wildman–Crippen MR) is 86.1 cm³/mol. The van der Waals surface area contributed by atoms with E-state index >= 15 is 0 Å². The molecule has 2 amide bonds. The van der Waals surface area contributed by atoms with E-state index in [9.17, 15) is 9.90 Å². The number of carbonyl (C=O) groups excluding carboxylic acids is 1. The Labute approximate surface area is 127 Å². The minimum absolute atomic E-state index is 0.0704. The second-order valence-electron chi connectivity index (χ2n) is 6.15. The molecule has 0 heterocycles. The Hall–Kier alpha value is -0.420. The van der Waals surface area contributed by atoms with E-state index in [1.165, 1.54) is 5.75 Å². The molecular formula is C15H30N2O2S. The molecule has 118 valence electrons. The van der Waals surface area contributed by atoms with Crippen LogP contribution in [-0.2, 0) is 0 Å². The highest BCUT2D eigenvalue weighted by atomic mass is 32.2. The van der Waals surface area contributed by atoms with Gasteiger partial charge in [0.1, 0.15) is 0 Å². The number of thioether (sulfide) groups is 1. The summed E-state index contributed by atoms with van der Waals surface area (Å²) >= 11 is 1.95. The van der Waals surface area contributed by atoms with Crippen LogP contribution in [0.15, 0.2) is 0 Å². The lowest BCUT2D eigenvalue weighted by molar-refractivity contribution is 0.101. The van der Waals surface area contributed by atoms with Gasteiger partial charge in [-0.2, -0.15) is 11.8 Å². The monoisotopic (exact) mass is 302 g/mol. The van der Waals surface area contributed by atoms with Gasteiger partial charge in [0, 0.05) is 13.1 Å². The van der Waals surface area contributed by atoms with Crippen LogP contribution in [0.1, 0.15) is 46.0 Å². The molecule has 0 aliphatic heterocycles. The number of hydrogen-bond acceptors (Lipinski definition) is 3. The molecule has 0 radical (unpaired) electrons. The quantitative estimate of drug-likeness (QED) is 0.604. The molecule has 0 aromatic carbocycles. The summed E-state index contributed by atoms with van der Waals surface area (Å²) in [6, 6.07) is -0.0704. The number of aliphatic hydroxyl groups is 1. The molecule has 2 atom stereocenters. The normalized spacial score (nSPS) is 22.8. The van der Waals surface area contributed by atoms with Crippen LogP contribution in [0.2, 0.25) is 0 Å². The molecule has 5 heteroatoms. The third kappa shape index (κ3) is 8.69. The Bertz CT molecular complexity index is 275. The fourth-order valence-electron chi connectivity index (χ4n) is 2.44. The third-order valence-corrected chi connectivity index (χ3v) is 4.99. The van der Waals surface area contributed by atoms with Gasteiger partial charge in [0.15, 0.2) is 0 Å². The van der Waals surface area contributed by atoms with Gasteiger partial charge < -0.3 is 15.7 Å². The molecule has 0 saturated heterocycles. The lowest BCUT2D eigenvalue weighted by Gasteiger charge is -2.25. The molecule has 1 aliphatic carbocycles. The van der Waals surface area contributed by atoms with Crippen molar-refractivity contribution in [2.24, 2.45) is 11.8 Å². The van der Waals surface area contributed by atoms with E-state index < -0.39 is 0 Å². The van der Waals surface area contributed by atoms with Gasteiger partial charge in [-0.05, 0) is 49.0 Å². The molecule has 20 heavy (non-hydrogen) atoms. The number of hydrogen-bond donors (Lipinski definition) is 3. The Morgan fingerprint density at radius 2 is 2.15 bits per heavy atom. The first-order valence-corrected chi connectivity index (χ1v) is 9.01.